The highest BCUT2D eigenvalue weighted by atomic mass is 16.3. The van der Waals surface area contributed by atoms with Crippen LogP contribution in [0.5, 0.6) is 0 Å². The summed E-state index contributed by atoms with van der Waals surface area (Å²) < 4.78 is 7.78. The summed E-state index contributed by atoms with van der Waals surface area (Å²) in [4.78, 5) is 29.5. The van der Waals surface area contributed by atoms with Crippen molar-refractivity contribution < 1.29 is 14.0 Å². The lowest BCUT2D eigenvalue weighted by atomic mass is 9.92. The van der Waals surface area contributed by atoms with Crippen LogP contribution in [0.15, 0.2) is 40.8 Å². The Kier molecular flexibility index (Phi) is 5.55. The molecular formula is C27H33N3O3. The molecule has 3 heterocycles. The quantitative estimate of drug-likeness (QED) is 0.566. The highest BCUT2D eigenvalue weighted by Gasteiger charge is 2.48. The number of aryl methyl sites for hydroxylation is 2. The predicted octanol–water partition coefficient (Wildman–Crippen LogP) is 5.10. The number of benzene rings is 1. The normalized spacial score (nSPS) is 21.8. The number of hydrogen-bond donors (Lipinski definition) is 1. The summed E-state index contributed by atoms with van der Waals surface area (Å²) in [6.07, 6.45) is 6.76. The molecule has 0 spiro atoms. The summed E-state index contributed by atoms with van der Waals surface area (Å²) in [5.74, 6) is 0.603. The Bertz CT molecular complexity index is 1200. The fourth-order valence-corrected chi connectivity index (χ4v) is 5.43. The number of carbonyl (C=O) groups excluding carboxylic acids is 2. The Labute approximate surface area is 194 Å². The zero-order valence-corrected chi connectivity index (χ0v) is 19.8. The maximum absolute atomic E-state index is 13.9. The lowest BCUT2D eigenvalue weighted by Crippen LogP contribution is -2.64. The van der Waals surface area contributed by atoms with Crippen molar-refractivity contribution in [3.63, 3.8) is 0 Å². The molecule has 0 unspecified atom stereocenters. The average Bonchev–Trinajstić information content (AvgIpc) is 3.17. The maximum Gasteiger partial charge on any atom is 0.271 e. The van der Waals surface area contributed by atoms with E-state index in [9.17, 15) is 9.59 Å². The highest BCUT2D eigenvalue weighted by molar-refractivity contribution is 6.03. The van der Waals surface area contributed by atoms with Crippen LogP contribution in [0.25, 0.3) is 11.1 Å². The van der Waals surface area contributed by atoms with Gasteiger partial charge >= 0.3 is 0 Å². The summed E-state index contributed by atoms with van der Waals surface area (Å²) in [5.41, 5.74) is 3.31. The number of hydrogen-bond acceptors (Lipinski definition) is 3. The largest absolute Gasteiger partial charge is 0.460 e. The number of amides is 2. The van der Waals surface area contributed by atoms with E-state index in [0.717, 1.165) is 48.1 Å². The smallest absolute Gasteiger partial charge is 0.271 e. The number of aromatic nitrogens is 1. The van der Waals surface area contributed by atoms with Crippen molar-refractivity contribution in [1.29, 1.82) is 0 Å². The third-order valence-corrected chi connectivity index (χ3v) is 7.51. The molecule has 1 N–H and O–H groups in total. The van der Waals surface area contributed by atoms with Crippen LogP contribution in [-0.2, 0) is 17.9 Å². The van der Waals surface area contributed by atoms with E-state index in [1.54, 1.807) is 4.90 Å². The average molecular weight is 448 g/mol. The van der Waals surface area contributed by atoms with Crippen LogP contribution < -0.4 is 5.32 Å². The van der Waals surface area contributed by atoms with E-state index in [2.05, 4.69) is 5.32 Å². The molecule has 3 aromatic rings. The maximum atomic E-state index is 13.9. The molecule has 1 saturated carbocycles. The van der Waals surface area contributed by atoms with Gasteiger partial charge < -0.3 is 19.2 Å². The van der Waals surface area contributed by atoms with Crippen LogP contribution in [0.2, 0.25) is 0 Å². The van der Waals surface area contributed by atoms with Gasteiger partial charge in [-0.3, -0.25) is 9.59 Å². The van der Waals surface area contributed by atoms with Crippen LogP contribution in [0, 0.1) is 13.8 Å². The molecule has 1 fully saturated rings. The van der Waals surface area contributed by atoms with Crippen molar-refractivity contribution in [2.24, 2.45) is 0 Å². The number of nitrogens with one attached hydrogen (secondary N) is 1. The molecule has 6 nitrogen and oxygen atoms in total. The van der Waals surface area contributed by atoms with Crippen molar-refractivity contribution in [2.45, 2.75) is 84.0 Å². The third-order valence-electron chi connectivity index (χ3n) is 7.51. The number of carbonyl (C=O) groups is 2. The standard InChI is InChI=1S/C27H33N3O3/c1-18-10-8-9-11-20(18)16-30-25(31)23-15-24-22(14-19(2)33-24)29(23)17-27(30,3)26(32)28-21-12-6-4-5-7-13-21/h8-11,14-15,21H,4-7,12-13,16-17H2,1-3H3,(H,28,32)/t27-/m1/s1. The van der Waals surface area contributed by atoms with Crippen molar-refractivity contribution in [1.82, 2.24) is 14.8 Å². The fourth-order valence-electron chi connectivity index (χ4n) is 5.43. The minimum atomic E-state index is -1.00. The molecule has 1 aliphatic carbocycles. The minimum absolute atomic E-state index is 0.0657. The van der Waals surface area contributed by atoms with Crippen LogP contribution in [0.3, 0.4) is 0 Å². The zero-order chi connectivity index (χ0) is 23.2. The predicted molar refractivity (Wildman–Crippen MR) is 128 cm³/mol. The number of furan rings is 1. The second-order valence-corrected chi connectivity index (χ2v) is 9.98. The van der Waals surface area contributed by atoms with Crippen molar-refractivity contribution >= 4 is 22.9 Å². The van der Waals surface area contributed by atoms with E-state index >= 15 is 0 Å². The second-order valence-electron chi connectivity index (χ2n) is 9.98. The van der Waals surface area contributed by atoms with Gasteiger partial charge in [-0.1, -0.05) is 49.9 Å². The van der Waals surface area contributed by atoms with E-state index in [0.29, 0.717) is 24.4 Å². The van der Waals surface area contributed by atoms with E-state index < -0.39 is 5.54 Å². The lowest BCUT2D eigenvalue weighted by Gasteiger charge is -2.44. The summed E-state index contributed by atoms with van der Waals surface area (Å²) in [6.45, 7) is 6.66. The zero-order valence-electron chi connectivity index (χ0n) is 19.8. The lowest BCUT2D eigenvalue weighted by molar-refractivity contribution is -0.134. The Morgan fingerprint density at radius 3 is 2.58 bits per heavy atom. The Morgan fingerprint density at radius 2 is 1.85 bits per heavy atom. The minimum Gasteiger partial charge on any atom is -0.460 e. The molecule has 6 heteroatoms. The number of rotatable bonds is 4. The summed E-state index contributed by atoms with van der Waals surface area (Å²) in [7, 11) is 0. The van der Waals surface area contributed by atoms with Gasteiger partial charge in [0.1, 0.15) is 17.0 Å². The molecule has 33 heavy (non-hydrogen) atoms. The molecule has 0 bridgehead atoms. The summed E-state index contributed by atoms with van der Waals surface area (Å²) in [6, 6.07) is 12.0. The first-order chi connectivity index (χ1) is 15.9. The Morgan fingerprint density at radius 1 is 1.12 bits per heavy atom. The van der Waals surface area contributed by atoms with Crippen molar-refractivity contribution in [3.8, 4) is 0 Å². The molecule has 2 aromatic heterocycles. The van der Waals surface area contributed by atoms with Crippen LogP contribution in [0.4, 0.5) is 0 Å². The molecule has 2 amide bonds. The Hall–Kier alpha value is -3.02. The SMILES string of the molecule is Cc1cc2c(cc3n2C[C@](C)(C(=O)NC2CCCCCC2)N(Cc2ccccc2C)C3=O)o1. The van der Waals surface area contributed by atoms with Gasteiger partial charge in [0, 0.05) is 24.7 Å². The highest BCUT2D eigenvalue weighted by Crippen LogP contribution is 2.35. The molecule has 1 aromatic carbocycles. The van der Waals surface area contributed by atoms with E-state index in [1.165, 1.54) is 12.8 Å². The van der Waals surface area contributed by atoms with E-state index in [4.69, 9.17) is 4.42 Å². The van der Waals surface area contributed by atoms with E-state index in [-0.39, 0.29) is 17.9 Å². The third kappa shape index (κ3) is 3.85. The first-order valence-electron chi connectivity index (χ1n) is 12.1. The van der Waals surface area contributed by atoms with Gasteiger partial charge in [-0.2, -0.15) is 0 Å². The van der Waals surface area contributed by atoms with Crippen LogP contribution in [-0.4, -0.2) is 32.9 Å². The van der Waals surface area contributed by atoms with Crippen LogP contribution >= 0.6 is 0 Å². The molecule has 174 valence electrons. The Balaban J connectivity index is 1.54. The molecule has 2 aliphatic rings. The van der Waals surface area contributed by atoms with E-state index in [1.807, 2.05) is 61.7 Å². The molecule has 0 radical (unpaired) electrons. The first kappa shape index (κ1) is 21.8. The second kappa shape index (κ2) is 8.40. The molecular weight excluding hydrogens is 414 g/mol. The number of nitrogens with zero attached hydrogens (tertiary/aromatic N) is 2. The summed E-state index contributed by atoms with van der Waals surface area (Å²) >= 11 is 0. The van der Waals surface area contributed by atoms with Crippen molar-refractivity contribution in [2.75, 3.05) is 0 Å². The molecule has 1 atom stereocenters. The fraction of sp³-hybridized carbons (Fsp3) is 0.481. The van der Waals surface area contributed by atoms with Crippen LogP contribution in [0.1, 0.15) is 72.8 Å². The van der Waals surface area contributed by atoms with Crippen molar-refractivity contribution in [3.05, 3.63) is 59.0 Å². The van der Waals surface area contributed by atoms with Gasteiger partial charge in [-0.25, -0.2) is 0 Å². The summed E-state index contributed by atoms with van der Waals surface area (Å²) in [5, 5.41) is 3.33. The monoisotopic (exact) mass is 447 g/mol. The van der Waals surface area contributed by atoms with Gasteiger partial charge in [0.25, 0.3) is 5.91 Å². The molecule has 1 aliphatic heterocycles. The topological polar surface area (TPSA) is 67.5 Å². The molecule has 5 rings (SSSR count). The first-order valence-corrected chi connectivity index (χ1v) is 12.1. The van der Waals surface area contributed by atoms with Gasteiger partial charge in [0.05, 0.1) is 12.1 Å². The molecule has 0 saturated heterocycles. The van der Waals surface area contributed by atoms with Gasteiger partial charge in [-0.15, -0.1) is 0 Å². The number of fused-ring (bicyclic) bond motifs is 3. The van der Waals surface area contributed by atoms with Gasteiger partial charge in [0.2, 0.25) is 5.91 Å². The van der Waals surface area contributed by atoms with Gasteiger partial charge in [0.15, 0.2) is 5.58 Å². The van der Waals surface area contributed by atoms with Gasteiger partial charge in [-0.05, 0) is 44.7 Å².